The number of benzene rings is 2. The first-order valence-electron chi connectivity index (χ1n) is 29.3. The van der Waals surface area contributed by atoms with E-state index in [1.54, 1.807) is 24.3 Å². The number of likely N-dealkylation sites (tertiary alicyclic amines) is 1. The van der Waals surface area contributed by atoms with Crippen molar-refractivity contribution in [3.8, 4) is 0 Å². The summed E-state index contributed by atoms with van der Waals surface area (Å²) >= 11 is 0. The van der Waals surface area contributed by atoms with Crippen LogP contribution in [0.2, 0.25) is 0 Å². The number of carbonyl (C=O) groups excluding carboxylic acids is 10. The Balaban J connectivity index is 0.00000338. The fourth-order valence-electron chi connectivity index (χ4n) is 9.32. The second kappa shape index (κ2) is 37.7. The zero-order valence-electron chi connectivity index (χ0n) is 51.3. The third kappa shape index (κ3) is 29.0. The first kappa shape index (κ1) is 74.5. The lowest BCUT2D eigenvalue weighted by molar-refractivity contribution is -0.192. The van der Waals surface area contributed by atoms with Crippen molar-refractivity contribution in [2.45, 2.75) is 189 Å². The minimum Gasteiger partial charge on any atom is -0.475 e. The summed E-state index contributed by atoms with van der Waals surface area (Å²) in [7, 11) is 0. The number of carboxylic acid groups (broad SMARTS) is 1. The molecule has 2 aromatic carbocycles. The van der Waals surface area contributed by atoms with Crippen LogP contribution in [-0.2, 0) is 72.1 Å². The van der Waals surface area contributed by atoms with Crippen LogP contribution in [0.1, 0.15) is 144 Å². The van der Waals surface area contributed by atoms with Gasteiger partial charge in [0.1, 0.15) is 36.3 Å². The largest absolute Gasteiger partial charge is 0.490 e. The Hall–Kier alpha value is -7.64. The van der Waals surface area contributed by atoms with Gasteiger partial charge in [-0.3, -0.25) is 58.8 Å². The Morgan fingerprint density at radius 2 is 1.10 bits per heavy atom. The molecule has 11 N–H and O–H groups in total. The highest BCUT2D eigenvalue weighted by Gasteiger charge is 2.39. The van der Waals surface area contributed by atoms with Gasteiger partial charge in [0, 0.05) is 33.5 Å². The van der Waals surface area contributed by atoms with Crippen LogP contribution < -0.4 is 48.5 Å². The number of unbranched alkanes of at least 4 members (excludes halogenated alkanes) is 1. The van der Waals surface area contributed by atoms with Crippen molar-refractivity contribution < 1.29 is 71.0 Å². The number of alkyl halides is 3. The molecule has 3 rings (SSSR count). The van der Waals surface area contributed by atoms with Gasteiger partial charge >= 0.3 is 12.1 Å². The molecule has 0 aromatic heterocycles. The number of nitrogens with one attached hydrogen (secondary N) is 8. The standard InChI is InChI=1S/C58H91N11O10.C2HF3O2/c1-36(2)29-46(54(75)63-47(30-37(3)4)55(76)64-48(31-38(5)6)56(77)67-66-51(72)33-43-20-22-44(23-21-43)34-60-40(9)70)62-53(74)45(25-24-42-17-12-11-13-18-42)61-52(73)35-68(27-15-14-26-59)58(79)49(32-39(7)8)65-57(78)50-19-16-28-69(50)41(10)71;3-2(4,5)1(6)7/h11-13,17-18,20-23,36-39,45-50H,14-16,19,24-35,59H2,1-10H3,(H,60,70)(H,61,73)(H,62,74)(H,63,75)(H,64,76)(H,65,78)(H,66,72)(H,67,77);(H,6,7)/t45-,46-,47-,48+,49-,50-;/m0./s1. The Bertz CT molecular complexity index is 2550. The van der Waals surface area contributed by atoms with E-state index in [9.17, 15) is 61.1 Å². The molecule has 1 aliphatic rings. The van der Waals surface area contributed by atoms with Crippen LogP contribution in [0.25, 0.3) is 0 Å². The second-order valence-electron chi connectivity index (χ2n) is 23.3. The quantitative estimate of drug-likeness (QED) is 0.0371. The topological polar surface area (TPSA) is 337 Å². The van der Waals surface area contributed by atoms with Crippen LogP contribution in [0.3, 0.4) is 0 Å². The summed E-state index contributed by atoms with van der Waals surface area (Å²) in [6.07, 6.45) is -1.74. The molecule has 480 valence electrons. The van der Waals surface area contributed by atoms with Crippen molar-refractivity contribution in [2.24, 2.45) is 29.4 Å². The number of halogens is 3. The Morgan fingerprint density at radius 1 is 0.616 bits per heavy atom. The van der Waals surface area contributed by atoms with E-state index >= 15 is 0 Å². The van der Waals surface area contributed by atoms with E-state index in [-0.39, 0.29) is 80.6 Å². The highest BCUT2D eigenvalue weighted by molar-refractivity contribution is 5.97. The van der Waals surface area contributed by atoms with E-state index < -0.39 is 102 Å². The third-order valence-electron chi connectivity index (χ3n) is 13.5. The van der Waals surface area contributed by atoms with Gasteiger partial charge in [0.2, 0.25) is 53.2 Å². The molecule has 0 radical (unpaired) electrons. The van der Waals surface area contributed by atoms with E-state index in [1.807, 2.05) is 85.7 Å². The van der Waals surface area contributed by atoms with Crippen LogP contribution in [-0.4, -0.2) is 149 Å². The lowest BCUT2D eigenvalue weighted by atomic mass is 9.98. The van der Waals surface area contributed by atoms with Gasteiger partial charge in [0.15, 0.2) is 0 Å². The first-order chi connectivity index (χ1) is 40.3. The van der Waals surface area contributed by atoms with Crippen LogP contribution in [0, 0.1) is 23.7 Å². The summed E-state index contributed by atoms with van der Waals surface area (Å²) in [5.74, 6) is -8.20. The number of hydrogen-bond acceptors (Lipinski definition) is 12. The van der Waals surface area contributed by atoms with Gasteiger partial charge in [0.05, 0.1) is 13.0 Å². The fourth-order valence-corrected chi connectivity index (χ4v) is 9.32. The zero-order chi connectivity index (χ0) is 64.8. The molecule has 10 amide bonds. The number of rotatable bonds is 32. The maximum atomic E-state index is 14.5. The molecule has 1 aliphatic heterocycles. The molecule has 0 bridgehead atoms. The van der Waals surface area contributed by atoms with Crippen LogP contribution in [0.15, 0.2) is 54.6 Å². The summed E-state index contributed by atoms with van der Waals surface area (Å²) < 4.78 is 31.7. The average molecular weight is 1220 g/mol. The van der Waals surface area contributed by atoms with Gasteiger partial charge in [0.25, 0.3) is 5.91 Å². The molecule has 0 unspecified atom stereocenters. The number of nitrogens with zero attached hydrogens (tertiary/aromatic N) is 2. The van der Waals surface area contributed by atoms with Gasteiger partial charge in [-0.25, -0.2) is 4.79 Å². The smallest absolute Gasteiger partial charge is 0.475 e. The normalized spacial score (nSPS) is 14.8. The molecule has 26 heteroatoms. The van der Waals surface area contributed by atoms with Gasteiger partial charge in [-0.15, -0.1) is 0 Å². The van der Waals surface area contributed by atoms with Crippen molar-refractivity contribution in [2.75, 3.05) is 26.2 Å². The first-order valence-corrected chi connectivity index (χ1v) is 29.3. The number of carbonyl (C=O) groups is 11. The summed E-state index contributed by atoms with van der Waals surface area (Å²) in [4.78, 5) is 147. The molecule has 0 saturated carbocycles. The Morgan fingerprint density at radius 3 is 1.58 bits per heavy atom. The summed E-state index contributed by atoms with van der Waals surface area (Å²) in [5, 5.41) is 24.1. The van der Waals surface area contributed by atoms with Crippen molar-refractivity contribution in [3.63, 3.8) is 0 Å². The minimum absolute atomic E-state index is 0.0285. The molecule has 0 aliphatic carbocycles. The van der Waals surface area contributed by atoms with Gasteiger partial charge < -0.3 is 52.5 Å². The van der Waals surface area contributed by atoms with Crippen LogP contribution in [0.4, 0.5) is 13.2 Å². The maximum absolute atomic E-state index is 14.5. The molecular formula is C60H92F3N11O12. The third-order valence-corrected chi connectivity index (χ3v) is 13.5. The lowest BCUT2D eigenvalue weighted by Gasteiger charge is -2.31. The van der Waals surface area contributed by atoms with Gasteiger partial charge in [-0.2, -0.15) is 13.2 Å². The van der Waals surface area contributed by atoms with E-state index in [1.165, 1.54) is 23.6 Å². The molecule has 1 fully saturated rings. The van der Waals surface area contributed by atoms with Crippen molar-refractivity contribution in [1.82, 2.24) is 52.6 Å². The van der Waals surface area contributed by atoms with E-state index in [0.29, 0.717) is 57.3 Å². The summed E-state index contributed by atoms with van der Waals surface area (Å²) in [5.41, 5.74) is 13.1. The monoisotopic (exact) mass is 1220 g/mol. The molecule has 86 heavy (non-hydrogen) atoms. The SMILES string of the molecule is CC(=O)NCc1ccc(CC(=O)NNC(=O)[C@@H](CC(C)C)NC(=O)[C@H](CC(C)C)NC(=O)[C@H](CC(C)C)NC(=O)[C@H](CCc2ccccc2)NC(=O)CN(CCCCN)C(=O)[C@H](CC(C)C)NC(=O)[C@@H]2CCCN2C(C)=O)cc1.O=C(O)C(F)(F)F. The van der Waals surface area contributed by atoms with Crippen molar-refractivity contribution in [3.05, 3.63) is 71.3 Å². The van der Waals surface area contributed by atoms with Crippen LogP contribution in [0.5, 0.6) is 0 Å². The molecule has 1 saturated heterocycles. The number of aryl methyl sites for hydroxylation is 1. The Labute approximate surface area is 502 Å². The number of aliphatic carboxylic acids is 1. The second-order valence-corrected chi connectivity index (χ2v) is 23.3. The number of nitrogens with two attached hydrogens (primary N) is 1. The molecule has 0 spiro atoms. The van der Waals surface area contributed by atoms with Gasteiger partial charge in [-0.05, 0) is 111 Å². The Kier molecular flexibility index (Phi) is 32.7. The molecule has 23 nitrogen and oxygen atoms in total. The number of amides is 10. The van der Waals surface area contributed by atoms with E-state index in [0.717, 1.165) is 11.1 Å². The molecular weight excluding hydrogens is 1120 g/mol. The highest BCUT2D eigenvalue weighted by Crippen LogP contribution is 2.20. The predicted octanol–water partition coefficient (Wildman–Crippen LogP) is 3.47. The molecule has 1 heterocycles. The minimum atomic E-state index is -5.08. The van der Waals surface area contributed by atoms with Crippen LogP contribution >= 0.6 is 0 Å². The fraction of sp³-hybridized carbons (Fsp3) is 0.617. The summed E-state index contributed by atoms with van der Waals surface area (Å²) in [6.45, 7) is 18.7. The average Bonchev–Trinajstić information content (AvgIpc) is 3.03. The van der Waals surface area contributed by atoms with Crippen molar-refractivity contribution in [1.29, 1.82) is 0 Å². The van der Waals surface area contributed by atoms with Crippen molar-refractivity contribution >= 4 is 65.0 Å². The highest BCUT2D eigenvalue weighted by atomic mass is 19.4. The van der Waals surface area contributed by atoms with E-state index in [4.69, 9.17) is 15.6 Å². The number of hydrazine groups is 1. The lowest BCUT2D eigenvalue weighted by Crippen LogP contribution is -2.60. The maximum Gasteiger partial charge on any atom is 0.490 e. The summed E-state index contributed by atoms with van der Waals surface area (Å²) in [6, 6.07) is 10.1. The predicted molar refractivity (Wildman–Crippen MR) is 315 cm³/mol. The van der Waals surface area contributed by atoms with E-state index in [2.05, 4.69) is 42.8 Å². The number of carboxylic acids is 1. The number of hydrogen-bond donors (Lipinski definition) is 10. The zero-order valence-corrected chi connectivity index (χ0v) is 51.3. The molecule has 6 atom stereocenters. The molecule has 2 aromatic rings. The van der Waals surface area contributed by atoms with Gasteiger partial charge in [-0.1, -0.05) is 110 Å².